The van der Waals surface area contributed by atoms with Crippen molar-refractivity contribution in [3.63, 3.8) is 0 Å². The first-order chi connectivity index (χ1) is 11.8. The van der Waals surface area contributed by atoms with Gasteiger partial charge in [-0.1, -0.05) is 38.5 Å². The quantitative estimate of drug-likeness (QED) is 0.581. The molecule has 0 amide bonds. The summed E-state index contributed by atoms with van der Waals surface area (Å²) >= 11 is 0. The highest BCUT2D eigenvalue weighted by Gasteiger charge is 2.44. The van der Waals surface area contributed by atoms with E-state index in [0.29, 0.717) is 6.42 Å². The summed E-state index contributed by atoms with van der Waals surface area (Å²) in [5, 5.41) is 9.85. The summed E-state index contributed by atoms with van der Waals surface area (Å²) in [5.74, 6) is 0. The smallest absolute Gasteiger partial charge is 0.297 e. The van der Waals surface area contributed by atoms with E-state index in [4.69, 9.17) is 13.3 Å². The van der Waals surface area contributed by atoms with Crippen LogP contribution in [0.15, 0.2) is 29.2 Å². The third-order valence-electron chi connectivity index (χ3n) is 5.13. The van der Waals surface area contributed by atoms with Crippen LogP contribution < -0.4 is 0 Å². The van der Waals surface area contributed by atoms with Crippen LogP contribution in [-0.4, -0.2) is 46.9 Å². The van der Waals surface area contributed by atoms with Crippen molar-refractivity contribution in [2.75, 3.05) is 6.61 Å². The van der Waals surface area contributed by atoms with Gasteiger partial charge in [0.1, 0.15) is 6.10 Å². The lowest BCUT2D eigenvalue weighted by molar-refractivity contribution is -0.103. The van der Waals surface area contributed by atoms with Gasteiger partial charge in [-0.15, -0.1) is 0 Å². The van der Waals surface area contributed by atoms with E-state index >= 15 is 0 Å². The molecule has 1 aliphatic heterocycles. The Kier molecular flexibility index (Phi) is 6.37. The van der Waals surface area contributed by atoms with Crippen LogP contribution in [0.4, 0.5) is 0 Å². The van der Waals surface area contributed by atoms with Gasteiger partial charge in [-0.25, -0.2) is 0 Å². The van der Waals surface area contributed by atoms with Gasteiger partial charge in [0.2, 0.25) is 0 Å². The standard InChI is InChI=1S/C18H30O6SSi/c1-13-7-9-14(10-8-13)25(20,21)22-12-16-15(11-17(19)23-16)24-26(5,6)18(2,3)4/h7-10,15-17,19H,11-12H2,1-6H3/t15-,16+,17+/m0/s1. The number of hydrogen-bond acceptors (Lipinski definition) is 6. The number of ether oxygens (including phenoxy) is 1. The second-order valence-electron chi connectivity index (χ2n) is 8.33. The number of hydrogen-bond donors (Lipinski definition) is 1. The topological polar surface area (TPSA) is 82.1 Å². The van der Waals surface area contributed by atoms with Crippen LogP contribution in [0.3, 0.4) is 0 Å². The summed E-state index contributed by atoms with van der Waals surface area (Å²) in [6, 6.07) is 6.46. The zero-order valence-corrected chi connectivity index (χ0v) is 18.2. The fraction of sp³-hybridized carbons (Fsp3) is 0.667. The van der Waals surface area contributed by atoms with E-state index in [1.165, 1.54) is 12.1 Å². The molecule has 8 heteroatoms. The monoisotopic (exact) mass is 402 g/mol. The van der Waals surface area contributed by atoms with Gasteiger partial charge in [-0.05, 0) is 37.2 Å². The van der Waals surface area contributed by atoms with Crippen LogP contribution in [0.25, 0.3) is 0 Å². The SMILES string of the molecule is Cc1ccc(S(=O)(=O)OC[C@H]2O[C@@H](O)C[C@@H]2O[Si](C)(C)C(C)(C)C)cc1. The van der Waals surface area contributed by atoms with Gasteiger partial charge in [0.05, 0.1) is 17.6 Å². The molecule has 1 fully saturated rings. The maximum absolute atomic E-state index is 12.4. The largest absolute Gasteiger partial charge is 0.411 e. The van der Waals surface area contributed by atoms with Crippen molar-refractivity contribution in [1.29, 1.82) is 0 Å². The lowest BCUT2D eigenvalue weighted by Crippen LogP contribution is -2.46. The predicted molar refractivity (Wildman–Crippen MR) is 102 cm³/mol. The number of benzene rings is 1. The first-order valence-electron chi connectivity index (χ1n) is 8.79. The van der Waals surface area contributed by atoms with Crippen molar-refractivity contribution < 1.29 is 26.9 Å². The Morgan fingerprint density at radius 1 is 1.23 bits per heavy atom. The average Bonchev–Trinajstić information content (AvgIpc) is 2.83. The molecule has 0 unspecified atom stereocenters. The highest BCUT2D eigenvalue weighted by molar-refractivity contribution is 7.86. The molecule has 3 atom stereocenters. The molecule has 1 N–H and O–H groups in total. The second-order valence-corrected chi connectivity index (χ2v) is 14.7. The van der Waals surface area contributed by atoms with Crippen LogP contribution in [0.1, 0.15) is 32.8 Å². The van der Waals surface area contributed by atoms with E-state index in [0.717, 1.165) is 5.56 Å². The summed E-state index contributed by atoms with van der Waals surface area (Å²) < 4.78 is 41.7. The Morgan fingerprint density at radius 3 is 2.35 bits per heavy atom. The Labute approximate surface area is 157 Å². The third kappa shape index (κ3) is 5.14. The average molecular weight is 403 g/mol. The van der Waals surface area contributed by atoms with E-state index in [1.807, 2.05) is 6.92 Å². The Morgan fingerprint density at radius 2 is 1.81 bits per heavy atom. The summed E-state index contributed by atoms with van der Waals surface area (Å²) in [6.07, 6.45) is -1.68. The van der Waals surface area contributed by atoms with Gasteiger partial charge in [-0.2, -0.15) is 8.42 Å². The Hall–Kier alpha value is -0.773. The molecule has 2 rings (SSSR count). The maximum atomic E-state index is 12.4. The van der Waals surface area contributed by atoms with Crippen LogP contribution >= 0.6 is 0 Å². The second kappa shape index (κ2) is 7.69. The van der Waals surface area contributed by atoms with Crippen molar-refractivity contribution in [2.45, 2.75) is 75.6 Å². The van der Waals surface area contributed by atoms with Crippen molar-refractivity contribution in [3.8, 4) is 0 Å². The third-order valence-corrected chi connectivity index (χ3v) is 10.9. The molecule has 0 aromatic heterocycles. The maximum Gasteiger partial charge on any atom is 0.297 e. The normalized spacial score (nSPS) is 24.8. The van der Waals surface area contributed by atoms with Crippen molar-refractivity contribution >= 4 is 18.4 Å². The molecular weight excluding hydrogens is 372 g/mol. The summed E-state index contributed by atoms with van der Waals surface area (Å²) in [6.45, 7) is 12.3. The predicted octanol–water partition coefficient (Wildman–Crippen LogP) is 3.20. The number of aliphatic hydroxyl groups is 1. The number of aryl methyl sites for hydroxylation is 1. The van der Waals surface area contributed by atoms with Crippen molar-refractivity contribution in [3.05, 3.63) is 29.8 Å². The lowest BCUT2D eigenvalue weighted by atomic mass is 10.2. The first kappa shape index (κ1) is 21.5. The van der Waals surface area contributed by atoms with Gasteiger partial charge in [0.15, 0.2) is 14.6 Å². The highest BCUT2D eigenvalue weighted by Crippen LogP contribution is 2.39. The molecule has 1 heterocycles. The lowest BCUT2D eigenvalue weighted by Gasteiger charge is -2.39. The minimum Gasteiger partial charge on any atom is -0.411 e. The van der Waals surface area contributed by atoms with Gasteiger partial charge < -0.3 is 14.3 Å². The van der Waals surface area contributed by atoms with Gasteiger partial charge >= 0.3 is 0 Å². The zero-order valence-electron chi connectivity index (χ0n) is 16.4. The van der Waals surface area contributed by atoms with Gasteiger partial charge in [-0.3, -0.25) is 4.18 Å². The molecule has 1 saturated heterocycles. The van der Waals surface area contributed by atoms with Gasteiger partial charge in [0.25, 0.3) is 10.1 Å². The molecule has 0 radical (unpaired) electrons. The summed E-state index contributed by atoms with van der Waals surface area (Å²) in [4.78, 5) is 0.100. The molecule has 148 valence electrons. The van der Waals surface area contributed by atoms with Crippen LogP contribution in [-0.2, 0) is 23.5 Å². The van der Waals surface area contributed by atoms with E-state index in [-0.39, 0.29) is 22.6 Å². The molecule has 1 aromatic carbocycles. The fourth-order valence-electron chi connectivity index (χ4n) is 2.45. The fourth-order valence-corrected chi connectivity index (χ4v) is 4.73. The molecule has 6 nitrogen and oxygen atoms in total. The minimum absolute atomic E-state index is 0.0000749. The number of aliphatic hydroxyl groups excluding tert-OH is 1. The van der Waals surface area contributed by atoms with E-state index in [2.05, 4.69) is 33.9 Å². The number of rotatable bonds is 6. The molecule has 0 bridgehead atoms. The molecule has 1 aliphatic rings. The van der Waals surface area contributed by atoms with Gasteiger partial charge in [0, 0.05) is 6.42 Å². The van der Waals surface area contributed by atoms with E-state index in [9.17, 15) is 13.5 Å². The molecule has 0 aliphatic carbocycles. The van der Waals surface area contributed by atoms with E-state index in [1.54, 1.807) is 12.1 Å². The zero-order chi connectivity index (χ0) is 19.8. The van der Waals surface area contributed by atoms with Crippen LogP contribution in [0.5, 0.6) is 0 Å². The molecule has 26 heavy (non-hydrogen) atoms. The van der Waals surface area contributed by atoms with Crippen molar-refractivity contribution in [1.82, 2.24) is 0 Å². The van der Waals surface area contributed by atoms with E-state index < -0.39 is 30.8 Å². The molecule has 0 saturated carbocycles. The Balaban J connectivity index is 2.06. The summed E-state index contributed by atoms with van der Waals surface area (Å²) in [5.41, 5.74) is 0.967. The molecule has 0 spiro atoms. The minimum atomic E-state index is -3.88. The van der Waals surface area contributed by atoms with Crippen LogP contribution in [0, 0.1) is 6.92 Å². The molecular formula is C18H30O6SSi. The summed E-state index contributed by atoms with van der Waals surface area (Å²) in [7, 11) is -5.97. The van der Waals surface area contributed by atoms with Crippen molar-refractivity contribution in [2.24, 2.45) is 0 Å². The highest BCUT2D eigenvalue weighted by atomic mass is 32.2. The first-order valence-corrected chi connectivity index (χ1v) is 13.1. The Bertz CT molecular complexity index is 708. The molecule has 1 aromatic rings. The van der Waals surface area contributed by atoms with Crippen LogP contribution in [0.2, 0.25) is 18.1 Å².